The van der Waals surface area contributed by atoms with Crippen molar-refractivity contribution in [2.24, 2.45) is 23.0 Å². The van der Waals surface area contributed by atoms with Crippen molar-refractivity contribution < 1.29 is 0 Å². The summed E-state index contributed by atoms with van der Waals surface area (Å²) in [5.41, 5.74) is 6.46. The van der Waals surface area contributed by atoms with Crippen molar-refractivity contribution in [3.63, 3.8) is 0 Å². The van der Waals surface area contributed by atoms with Gasteiger partial charge >= 0.3 is 0 Å². The van der Waals surface area contributed by atoms with Crippen LogP contribution in [0.3, 0.4) is 0 Å². The third-order valence-electron chi connectivity index (χ3n) is 4.32. The molecule has 0 aliphatic heterocycles. The van der Waals surface area contributed by atoms with Gasteiger partial charge in [0.05, 0.1) is 0 Å². The Hall–Kier alpha value is -0.0400. The fourth-order valence-corrected chi connectivity index (χ4v) is 3.04. The van der Waals surface area contributed by atoms with Gasteiger partial charge in [-0.1, -0.05) is 13.3 Å². The third-order valence-corrected chi connectivity index (χ3v) is 4.32. The van der Waals surface area contributed by atoms with Gasteiger partial charge < -0.3 is 5.73 Å². The molecule has 1 spiro atoms. The molecule has 0 bridgehead atoms. The van der Waals surface area contributed by atoms with E-state index in [1.807, 2.05) is 0 Å². The highest BCUT2D eigenvalue weighted by Crippen LogP contribution is 2.61. The van der Waals surface area contributed by atoms with Crippen LogP contribution in [0.1, 0.15) is 45.4 Å². The smallest absolute Gasteiger partial charge is 0.00433 e. The molecule has 0 radical (unpaired) electrons. The van der Waals surface area contributed by atoms with E-state index in [1.54, 1.807) is 0 Å². The fraction of sp³-hybridized carbons (Fsp3) is 1.00. The summed E-state index contributed by atoms with van der Waals surface area (Å²) in [4.78, 5) is 0. The molecule has 2 rings (SSSR count). The molecule has 1 unspecified atom stereocenters. The van der Waals surface area contributed by atoms with Crippen molar-refractivity contribution in [1.82, 2.24) is 0 Å². The van der Waals surface area contributed by atoms with Crippen molar-refractivity contribution in [1.29, 1.82) is 0 Å². The first-order chi connectivity index (χ1) is 5.80. The van der Waals surface area contributed by atoms with E-state index >= 15 is 0 Å². The van der Waals surface area contributed by atoms with Crippen LogP contribution >= 0.6 is 0 Å². The van der Waals surface area contributed by atoms with Gasteiger partial charge in [-0.3, -0.25) is 0 Å². The lowest BCUT2D eigenvalue weighted by Gasteiger charge is -2.28. The summed E-state index contributed by atoms with van der Waals surface area (Å²) in [6.07, 6.45) is 8.75. The minimum Gasteiger partial charge on any atom is -0.330 e. The van der Waals surface area contributed by atoms with Gasteiger partial charge in [0.1, 0.15) is 0 Å². The highest BCUT2D eigenvalue weighted by molar-refractivity contribution is 5.04. The molecule has 1 atom stereocenters. The fourth-order valence-electron chi connectivity index (χ4n) is 3.04. The Morgan fingerprint density at radius 3 is 2.42 bits per heavy atom. The molecule has 70 valence electrons. The van der Waals surface area contributed by atoms with Crippen molar-refractivity contribution in [2.45, 2.75) is 45.4 Å². The van der Waals surface area contributed by atoms with Gasteiger partial charge in [-0.15, -0.1) is 0 Å². The second-order valence-corrected chi connectivity index (χ2v) is 4.85. The minimum absolute atomic E-state index is 0.750. The van der Waals surface area contributed by atoms with Crippen LogP contribution in [0, 0.1) is 17.3 Å². The van der Waals surface area contributed by atoms with E-state index in [1.165, 1.54) is 38.5 Å². The predicted molar refractivity (Wildman–Crippen MR) is 51.8 cm³/mol. The Bertz CT molecular complexity index is 156. The van der Waals surface area contributed by atoms with Gasteiger partial charge in [0.15, 0.2) is 0 Å². The summed E-state index contributed by atoms with van der Waals surface area (Å²) >= 11 is 0. The Morgan fingerprint density at radius 1 is 1.33 bits per heavy atom. The first-order valence-corrected chi connectivity index (χ1v) is 5.51. The zero-order valence-electron chi connectivity index (χ0n) is 8.18. The van der Waals surface area contributed by atoms with Crippen LogP contribution in [0.4, 0.5) is 0 Å². The van der Waals surface area contributed by atoms with Crippen LogP contribution in [0.2, 0.25) is 0 Å². The first-order valence-electron chi connectivity index (χ1n) is 5.51. The SMILES string of the molecule is CCC1CCC2(CC1)CC2CN. The molecule has 2 saturated carbocycles. The maximum Gasteiger partial charge on any atom is -0.00433 e. The molecule has 2 aliphatic carbocycles. The first kappa shape index (κ1) is 8.55. The molecular weight excluding hydrogens is 146 g/mol. The second-order valence-electron chi connectivity index (χ2n) is 4.85. The van der Waals surface area contributed by atoms with Crippen molar-refractivity contribution in [2.75, 3.05) is 6.54 Å². The summed E-state index contributed by atoms with van der Waals surface area (Å²) < 4.78 is 0. The summed E-state index contributed by atoms with van der Waals surface area (Å²) in [6, 6.07) is 0. The molecule has 2 aliphatic rings. The largest absolute Gasteiger partial charge is 0.330 e. The van der Waals surface area contributed by atoms with Crippen LogP contribution < -0.4 is 5.73 Å². The molecule has 2 fully saturated rings. The lowest BCUT2D eigenvalue weighted by Crippen LogP contribution is -2.19. The average Bonchev–Trinajstić information content (AvgIpc) is 2.81. The van der Waals surface area contributed by atoms with E-state index in [2.05, 4.69) is 6.92 Å². The van der Waals surface area contributed by atoms with Crippen LogP contribution in [0.25, 0.3) is 0 Å². The second kappa shape index (κ2) is 3.02. The van der Waals surface area contributed by atoms with E-state index < -0.39 is 0 Å². The topological polar surface area (TPSA) is 26.0 Å². The molecule has 0 aromatic rings. The zero-order chi connectivity index (χ0) is 8.60. The van der Waals surface area contributed by atoms with E-state index in [4.69, 9.17) is 5.73 Å². The van der Waals surface area contributed by atoms with Gasteiger partial charge in [-0.2, -0.15) is 0 Å². The van der Waals surface area contributed by atoms with Crippen LogP contribution in [0.15, 0.2) is 0 Å². The van der Waals surface area contributed by atoms with Gasteiger partial charge in [-0.05, 0) is 55.9 Å². The Morgan fingerprint density at radius 2 is 2.00 bits per heavy atom. The Kier molecular flexibility index (Phi) is 2.16. The molecule has 2 N–H and O–H groups in total. The lowest BCUT2D eigenvalue weighted by atomic mass is 9.77. The third kappa shape index (κ3) is 1.28. The van der Waals surface area contributed by atoms with Crippen molar-refractivity contribution in [3.8, 4) is 0 Å². The molecule has 12 heavy (non-hydrogen) atoms. The lowest BCUT2D eigenvalue weighted by molar-refractivity contribution is 0.235. The molecule has 0 aromatic carbocycles. The monoisotopic (exact) mass is 167 g/mol. The van der Waals surface area contributed by atoms with Gasteiger partial charge in [0.2, 0.25) is 0 Å². The molecule has 1 heteroatoms. The summed E-state index contributed by atoms with van der Waals surface area (Å²) in [6.45, 7) is 3.27. The summed E-state index contributed by atoms with van der Waals surface area (Å²) in [5.74, 6) is 1.94. The quantitative estimate of drug-likeness (QED) is 0.672. The van der Waals surface area contributed by atoms with Crippen LogP contribution in [0.5, 0.6) is 0 Å². The van der Waals surface area contributed by atoms with Gasteiger partial charge in [0, 0.05) is 0 Å². The number of hydrogen-bond acceptors (Lipinski definition) is 1. The molecular formula is C11H21N. The van der Waals surface area contributed by atoms with E-state index in [9.17, 15) is 0 Å². The zero-order valence-corrected chi connectivity index (χ0v) is 8.18. The number of hydrogen-bond donors (Lipinski definition) is 1. The van der Waals surface area contributed by atoms with Gasteiger partial charge in [-0.25, -0.2) is 0 Å². The predicted octanol–water partition coefficient (Wildman–Crippen LogP) is 2.55. The van der Waals surface area contributed by atoms with Crippen LogP contribution in [-0.4, -0.2) is 6.54 Å². The Balaban J connectivity index is 1.84. The normalized spacial score (nSPS) is 46.5. The molecule has 0 heterocycles. The van der Waals surface area contributed by atoms with Gasteiger partial charge in [0.25, 0.3) is 0 Å². The van der Waals surface area contributed by atoms with Crippen molar-refractivity contribution in [3.05, 3.63) is 0 Å². The Labute approximate surface area is 75.7 Å². The molecule has 1 nitrogen and oxygen atoms in total. The number of rotatable bonds is 2. The van der Waals surface area contributed by atoms with E-state index in [0.29, 0.717) is 0 Å². The maximum atomic E-state index is 5.71. The summed E-state index contributed by atoms with van der Waals surface area (Å²) in [5, 5.41) is 0. The van der Waals surface area contributed by atoms with E-state index in [-0.39, 0.29) is 0 Å². The number of nitrogens with two attached hydrogens (primary N) is 1. The molecule has 0 aromatic heterocycles. The minimum atomic E-state index is 0.750. The molecule has 0 saturated heterocycles. The molecule has 0 amide bonds. The van der Waals surface area contributed by atoms with E-state index in [0.717, 1.165) is 23.8 Å². The standard InChI is InChI=1S/C11H21N/c1-2-9-3-5-11(6-4-9)7-10(11)8-12/h9-10H,2-8,12H2,1H3. The highest BCUT2D eigenvalue weighted by atomic mass is 14.7. The van der Waals surface area contributed by atoms with Crippen molar-refractivity contribution >= 4 is 0 Å². The summed E-state index contributed by atoms with van der Waals surface area (Å²) in [7, 11) is 0. The maximum absolute atomic E-state index is 5.71. The highest BCUT2D eigenvalue weighted by Gasteiger charge is 2.53. The van der Waals surface area contributed by atoms with Crippen LogP contribution in [-0.2, 0) is 0 Å². The average molecular weight is 167 g/mol.